The molecule has 1 aliphatic heterocycles. The molecule has 0 radical (unpaired) electrons. The number of benzene rings is 2. The summed E-state index contributed by atoms with van der Waals surface area (Å²) in [5.74, 6) is 0.579. The molecule has 0 spiro atoms. The quantitative estimate of drug-likeness (QED) is 0.734. The third kappa shape index (κ3) is 3.00. The maximum absolute atomic E-state index is 13.7. The summed E-state index contributed by atoms with van der Waals surface area (Å²) in [7, 11) is 1.93. The zero-order valence-corrected chi connectivity index (χ0v) is 14.5. The first-order chi connectivity index (χ1) is 10.1. The summed E-state index contributed by atoms with van der Waals surface area (Å²) in [6, 6.07) is 11.3. The molecule has 3 rings (SSSR count). The lowest BCUT2D eigenvalue weighted by atomic mass is 9.93. The van der Waals surface area contributed by atoms with Crippen LogP contribution in [0.2, 0.25) is 0 Å². The Morgan fingerprint density at radius 3 is 2.71 bits per heavy atom. The van der Waals surface area contributed by atoms with Crippen LogP contribution in [-0.4, -0.2) is 7.05 Å². The van der Waals surface area contributed by atoms with Crippen molar-refractivity contribution in [1.29, 1.82) is 0 Å². The zero-order chi connectivity index (χ0) is 15.0. The van der Waals surface area contributed by atoms with Crippen molar-refractivity contribution in [3.63, 3.8) is 0 Å². The minimum atomic E-state index is -0.265. The molecule has 1 aliphatic rings. The summed E-state index contributed by atoms with van der Waals surface area (Å²) in [5, 5.41) is 3.31. The average Bonchev–Trinajstić information content (AvgIpc) is 2.49. The first kappa shape index (κ1) is 15.0. The molecule has 0 aromatic heterocycles. The Balaban J connectivity index is 1.96. The lowest BCUT2D eigenvalue weighted by Gasteiger charge is -2.32. The van der Waals surface area contributed by atoms with Crippen LogP contribution in [-0.2, 0) is 0 Å². The summed E-state index contributed by atoms with van der Waals surface area (Å²) < 4.78 is 21.3. The molecule has 2 nitrogen and oxygen atoms in total. The SMILES string of the molecule is CNC1CC(c2ccc(Br)c(F)c2)Oc2ccc(Br)cc21. The van der Waals surface area contributed by atoms with Gasteiger partial charge in [-0.15, -0.1) is 0 Å². The van der Waals surface area contributed by atoms with Crippen molar-refractivity contribution in [3.8, 4) is 5.75 Å². The first-order valence-corrected chi connectivity index (χ1v) is 8.25. The molecule has 0 aliphatic carbocycles. The number of nitrogens with one attached hydrogen (secondary N) is 1. The molecule has 110 valence electrons. The summed E-state index contributed by atoms with van der Waals surface area (Å²) >= 11 is 6.67. The van der Waals surface area contributed by atoms with Crippen LogP contribution in [0.25, 0.3) is 0 Å². The van der Waals surface area contributed by atoms with Gasteiger partial charge in [0.25, 0.3) is 0 Å². The van der Waals surface area contributed by atoms with E-state index in [9.17, 15) is 4.39 Å². The van der Waals surface area contributed by atoms with Crippen molar-refractivity contribution in [1.82, 2.24) is 5.32 Å². The molecule has 1 N–H and O–H groups in total. The summed E-state index contributed by atoms with van der Waals surface area (Å²) in [4.78, 5) is 0. The molecule has 21 heavy (non-hydrogen) atoms. The molecule has 5 heteroatoms. The van der Waals surface area contributed by atoms with Gasteiger partial charge < -0.3 is 10.1 Å². The van der Waals surface area contributed by atoms with Crippen LogP contribution in [0.4, 0.5) is 4.39 Å². The Morgan fingerprint density at radius 1 is 1.19 bits per heavy atom. The molecular weight excluding hydrogens is 401 g/mol. The number of hydrogen-bond donors (Lipinski definition) is 1. The molecule has 0 bridgehead atoms. The Bertz CT molecular complexity index is 677. The Labute approximate surface area is 140 Å². The lowest BCUT2D eigenvalue weighted by molar-refractivity contribution is 0.153. The van der Waals surface area contributed by atoms with Crippen molar-refractivity contribution in [2.75, 3.05) is 7.05 Å². The van der Waals surface area contributed by atoms with Gasteiger partial charge in [-0.1, -0.05) is 22.0 Å². The molecule has 0 saturated carbocycles. The van der Waals surface area contributed by atoms with E-state index in [2.05, 4.69) is 43.2 Å². The van der Waals surface area contributed by atoms with E-state index in [1.165, 1.54) is 6.07 Å². The van der Waals surface area contributed by atoms with Crippen LogP contribution in [0.1, 0.15) is 29.7 Å². The van der Waals surface area contributed by atoms with Crippen molar-refractivity contribution in [2.45, 2.75) is 18.6 Å². The molecular formula is C16H14Br2FNO. The van der Waals surface area contributed by atoms with Crippen LogP contribution in [0.15, 0.2) is 45.3 Å². The molecule has 1 heterocycles. The van der Waals surface area contributed by atoms with Crippen molar-refractivity contribution in [2.24, 2.45) is 0 Å². The van der Waals surface area contributed by atoms with Gasteiger partial charge in [0, 0.05) is 22.5 Å². The lowest BCUT2D eigenvalue weighted by Crippen LogP contribution is -2.26. The Morgan fingerprint density at radius 2 is 2.00 bits per heavy atom. The van der Waals surface area contributed by atoms with E-state index in [-0.39, 0.29) is 18.0 Å². The third-order valence-corrected chi connectivity index (χ3v) is 4.87. The van der Waals surface area contributed by atoms with Crippen LogP contribution in [0, 0.1) is 5.82 Å². The zero-order valence-electron chi connectivity index (χ0n) is 11.4. The summed E-state index contributed by atoms with van der Waals surface area (Å²) in [6.45, 7) is 0. The van der Waals surface area contributed by atoms with Crippen LogP contribution >= 0.6 is 31.9 Å². The number of ether oxygens (including phenoxy) is 1. The van der Waals surface area contributed by atoms with Gasteiger partial charge in [0.05, 0.1) is 4.47 Å². The third-order valence-electron chi connectivity index (χ3n) is 3.73. The van der Waals surface area contributed by atoms with Gasteiger partial charge in [-0.3, -0.25) is 0 Å². The maximum Gasteiger partial charge on any atom is 0.137 e. The highest BCUT2D eigenvalue weighted by Crippen LogP contribution is 2.42. The first-order valence-electron chi connectivity index (χ1n) is 6.67. The number of rotatable bonds is 2. The van der Waals surface area contributed by atoms with Crippen LogP contribution < -0.4 is 10.1 Å². The Kier molecular flexibility index (Phi) is 4.33. The van der Waals surface area contributed by atoms with Gasteiger partial charge in [0.15, 0.2) is 0 Å². The highest BCUT2D eigenvalue weighted by Gasteiger charge is 2.28. The average molecular weight is 415 g/mol. The molecule has 0 saturated heterocycles. The summed E-state index contributed by atoms with van der Waals surface area (Å²) in [5.41, 5.74) is 1.98. The van der Waals surface area contributed by atoms with Gasteiger partial charge in [-0.2, -0.15) is 0 Å². The fourth-order valence-corrected chi connectivity index (χ4v) is 3.26. The van der Waals surface area contributed by atoms with Crippen molar-refractivity contribution >= 4 is 31.9 Å². The van der Waals surface area contributed by atoms with E-state index in [1.807, 2.05) is 25.2 Å². The van der Waals surface area contributed by atoms with Crippen molar-refractivity contribution in [3.05, 3.63) is 62.3 Å². The minimum absolute atomic E-state index is 0.154. The predicted octanol–water partition coefficient (Wildman–Crippen LogP) is 5.14. The molecule has 2 aromatic carbocycles. The number of halogens is 3. The van der Waals surface area contributed by atoms with Gasteiger partial charge >= 0.3 is 0 Å². The van der Waals surface area contributed by atoms with E-state index < -0.39 is 0 Å². The molecule has 0 amide bonds. The predicted molar refractivity (Wildman–Crippen MR) is 88.0 cm³/mol. The number of hydrogen-bond acceptors (Lipinski definition) is 2. The van der Waals surface area contributed by atoms with Crippen LogP contribution in [0.5, 0.6) is 5.75 Å². The van der Waals surface area contributed by atoms with Crippen LogP contribution in [0.3, 0.4) is 0 Å². The smallest absolute Gasteiger partial charge is 0.137 e. The molecule has 0 fully saturated rings. The second-order valence-electron chi connectivity index (χ2n) is 5.04. The maximum atomic E-state index is 13.7. The Hall–Kier alpha value is -0.910. The van der Waals surface area contributed by atoms with E-state index >= 15 is 0 Å². The standard InChI is InChI=1S/C16H14Br2FNO/c1-20-14-8-16(9-2-4-12(18)13(19)6-9)21-15-5-3-10(17)7-11(14)15/h2-7,14,16,20H,8H2,1H3. The van der Waals surface area contributed by atoms with Gasteiger partial charge in [-0.05, 0) is 58.9 Å². The topological polar surface area (TPSA) is 21.3 Å². The summed E-state index contributed by atoms with van der Waals surface area (Å²) in [6.07, 6.45) is 0.611. The molecule has 2 aromatic rings. The van der Waals surface area contributed by atoms with Gasteiger partial charge in [0.2, 0.25) is 0 Å². The van der Waals surface area contributed by atoms with Gasteiger partial charge in [0.1, 0.15) is 17.7 Å². The normalized spacial score (nSPS) is 20.8. The molecule has 2 unspecified atom stereocenters. The fraction of sp³-hybridized carbons (Fsp3) is 0.250. The second kappa shape index (κ2) is 6.07. The molecule has 2 atom stereocenters. The highest BCUT2D eigenvalue weighted by molar-refractivity contribution is 9.10. The van der Waals surface area contributed by atoms with E-state index in [0.717, 1.165) is 27.8 Å². The second-order valence-corrected chi connectivity index (χ2v) is 6.81. The minimum Gasteiger partial charge on any atom is -0.485 e. The highest BCUT2D eigenvalue weighted by atomic mass is 79.9. The fourth-order valence-electron chi connectivity index (χ4n) is 2.63. The largest absolute Gasteiger partial charge is 0.485 e. The van der Waals surface area contributed by atoms with E-state index in [1.54, 1.807) is 6.07 Å². The van der Waals surface area contributed by atoms with Crippen molar-refractivity contribution < 1.29 is 9.13 Å². The van der Waals surface area contributed by atoms with E-state index in [0.29, 0.717) is 4.47 Å². The monoisotopic (exact) mass is 413 g/mol. The van der Waals surface area contributed by atoms with E-state index in [4.69, 9.17) is 4.74 Å². The van der Waals surface area contributed by atoms with Gasteiger partial charge in [-0.25, -0.2) is 4.39 Å². The number of fused-ring (bicyclic) bond motifs is 1.